The molecule has 1 aromatic carbocycles. The molecule has 1 aliphatic heterocycles. The van der Waals surface area contributed by atoms with Gasteiger partial charge in [0.05, 0.1) is 24.6 Å². The number of anilines is 1. The van der Waals surface area contributed by atoms with Crippen LogP contribution in [0.1, 0.15) is 30.9 Å². The largest absolute Gasteiger partial charge is 0.467 e. The molecule has 3 atom stereocenters. The lowest BCUT2D eigenvalue weighted by Crippen LogP contribution is -2.46. The Balaban J connectivity index is 0.000000259. The third kappa shape index (κ3) is 7.38. The van der Waals surface area contributed by atoms with Crippen LogP contribution in [-0.2, 0) is 28.7 Å². The van der Waals surface area contributed by atoms with E-state index in [-0.39, 0.29) is 36.2 Å². The maximum atomic E-state index is 12.3. The smallest absolute Gasteiger partial charge is 0.328 e. The third-order valence-corrected chi connectivity index (χ3v) is 7.18. The number of amides is 3. The van der Waals surface area contributed by atoms with Gasteiger partial charge in [-0.05, 0) is 44.7 Å². The van der Waals surface area contributed by atoms with Crippen molar-refractivity contribution in [2.24, 2.45) is 11.8 Å². The average molecular weight is 580 g/mol. The molecule has 0 aromatic heterocycles. The summed E-state index contributed by atoms with van der Waals surface area (Å²) in [6.07, 6.45) is 5.00. The Kier molecular flexibility index (Phi) is 11.1. The number of halogens is 3. The summed E-state index contributed by atoms with van der Waals surface area (Å²) in [5, 5.41) is 0. The minimum atomic E-state index is -1.69. The first-order chi connectivity index (χ1) is 16.8. The number of hydrogen-bond donors (Lipinski definition) is 0. The van der Waals surface area contributed by atoms with Gasteiger partial charge in [0.15, 0.2) is 0 Å². The van der Waals surface area contributed by atoms with Crippen LogP contribution in [0.5, 0.6) is 0 Å². The molecule has 1 aromatic rings. The molecule has 0 bridgehead atoms. The van der Waals surface area contributed by atoms with Gasteiger partial charge < -0.3 is 9.47 Å². The number of nitrogens with zero attached hydrogens (tertiary/aromatic N) is 2. The zero-order valence-electron chi connectivity index (χ0n) is 20.6. The van der Waals surface area contributed by atoms with Crippen LogP contribution in [0.2, 0.25) is 0 Å². The number of para-hydroxylation sites is 1. The number of hydrogen-bond acceptors (Lipinski definition) is 7. The Hall–Kier alpha value is -1.78. The Morgan fingerprint density at radius 3 is 2.00 bits per heavy atom. The second-order valence-electron chi connectivity index (χ2n) is 8.30. The first kappa shape index (κ1) is 30.4. The minimum absolute atomic E-state index is 0.0882. The summed E-state index contributed by atoms with van der Waals surface area (Å²) < 4.78 is 8.96. The number of esters is 1. The van der Waals surface area contributed by atoms with Crippen molar-refractivity contribution >= 4 is 76.1 Å². The highest BCUT2D eigenvalue weighted by Gasteiger charge is 2.49. The number of fused-ring (bicyclic) bond motifs is 1. The lowest BCUT2D eigenvalue weighted by Gasteiger charge is -2.30. The summed E-state index contributed by atoms with van der Waals surface area (Å²) in [5.41, 5.74) is 2.57. The summed E-state index contributed by atoms with van der Waals surface area (Å²) >= 11 is 17.4. The summed E-state index contributed by atoms with van der Waals surface area (Å²) in [6.45, 7) is 5.36. The maximum Gasteiger partial charge on any atom is 0.328 e. The molecule has 198 valence electrons. The molecule has 1 fully saturated rings. The molecule has 3 rings (SSSR count). The Morgan fingerprint density at radius 2 is 1.58 bits per heavy atom. The predicted octanol–water partition coefficient (Wildman–Crippen LogP) is 4.76. The predicted molar refractivity (Wildman–Crippen MR) is 142 cm³/mol. The van der Waals surface area contributed by atoms with Gasteiger partial charge in [0.2, 0.25) is 11.8 Å². The summed E-state index contributed by atoms with van der Waals surface area (Å²) in [5.74, 6) is -1.80. The van der Waals surface area contributed by atoms with Crippen molar-refractivity contribution in [2.75, 3.05) is 25.7 Å². The van der Waals surface area contributed by atoms with Crippen LogP contribution in [0, 0.1) is 25.7 Å². The molecular weight excluding hydrogens is 551 g/mol. The number of imide groups is 1. The zero-order valence-corrected chi connectivity index (χ0v) is 23.7. The number of aryl methyl sites for hydroxylation is 2. The van der Waals surface area contributed by atoms with E-state index in [1.165, 1.54) is 19.1 Å². The molecule has 2 aliphatic rings. The number of alkyl halides is 3. The fraction of sp³-hybridized carbons (Fsp3) is 0.500. The molecule has 8 nitrogen and oxygen atoms in total. The van der Waals surface area contributed by atoms with Crippen LogP contribution in [0.25, 0.3) is 0 Å². The van der Waals surface area contributed by atoms with Crippen LogP contribution >= 0.6 is 46.8 Å². The molecule has 1 heterocycles. The topological polar surface area (TPSA) is 93.2 Å². The number of allylic oxidation sites excluding steroid dienone is 2. The summed E-state index contributed by atoms with van der Waals surface area (Å²) in [6, 6.07) is 5.01. The van der Waals surface area contributed by atoms with Gasteiger partial charge in [0.25, 0.3) is 9.03 Å². The van der Waals surface area contributed by atoms with Crippen LogP contribution in [0.3, 0.4) is 0 Å². The minimum Gasteiger partial charge on any atom is -0.467 e. The van der Waals surface area contributed by atoms with Gasteiger partial charge >= 0.3 is 5.97 Å². The quantitative estimate of drug-likeness (QED) is 0.158. The fourth-order valence-electron chi connectivity index (χ4n) is 4.15. The van der Waals surface area contributed by atoms with E-state index < -0.39 is 15.1 Å². The average Bonchev–Trinajstić information content (AvgIpc) is 3.05. The number of benzene rings is 1. The molecule has 3 unspecified atom stereocenters. The summed E-state index contributed by atoms with van der Waals surface area (Å²) in [7, 11) is 2.76. The SMILES string of the molecule is COCC(=O)N(c1c(C)cccc1C)C(C)C(=O)OC.O=C1C2CC=CCC2C(=O)N1SC(Cl)(Cl)Cl. The highest BCUT2D eigenvalue weighted by molar-refractivity contribution is 8.03. The van der Waals surface area contributed by atoms with Crippen molar-refractivity contribution in [3.63, 3.8) is 0 Å². The number of carbonyl (C=O) groups excluding carboxylic acids is 4. The van der Waals surface area contributed by atoms with E-state index >= 15 is 0 Å². The van der Waals surface area contributed by atoms with E-state index in [1.807, 2.05) is 44.2 Å². The molecule has 1 saturated heterocycles. The van der Waals surface area contributed by atoms with Crippen molar-refractivity contribution in [2.45, 2.75) is 42.8 Å². The second kappa shape index (κ2) is 13.1. The fourth-order valence-corrected chi connectivity index (χ4v) is 5.43. The highest BCUT2D eigenvalue weighted by Crippen LogP contribution is 2.46. The van der Waals surface area contributed by atoms with Gasteiger partial charge in [0, 0.05) is 19.1 Å². The zero-order chi connectivity index (χ0) is 27.2. The number of ether oxygens (including phenoxy) is 2. The Bertz CT molecular complexity index is 983. The number of methoxy groups -OCH3 is 2. The van der Waals surface area contributed by atoms with E-state index in [1.54, 1.807) is 6.92 Å². The second-order valence-corrected chi connectivity index (χ2v) is 12.4. The normalized spacial score (nSPS) is 19.8. The van der Waals surface area contributed by atoms with Crippen molar-refractivity contribution < 1.29 is 28.7 Å². The molecule has 0 saturated carbocycles. The highest BCUT2D eigenvalue weighted by atomic mass is 35.6. The van der Waals surface area contributed by atoms with E-state index in [4.69, 9.17) is 44.3 Å². The molecule has 0 N–H and O–H groups in total. The lowest BCUT2D eigenvalue weighted by atomic mass is 9.85. The van der Waals surface area contributed by atoms with Gasteiger partial charge in [-0.1, -0.05) is 65.2 Å². The van der Waals surface area contributed by atoms with Crippen molar-refractivity contribution in [1.29, 1.82) is 0 Å². The van der Waals surface area contributed by atoms with Gasteiger partial charge in [-0.2, -0.15) is 0 Å². The van der Waals surface area contributed by atoms with Gasteiger partial charge in [0.1, 0.15) is 12.6 Å². The number of rotatable bonds is 6. The first-order valence-corrected chi connectivity index (χ1v) is 13.0. The molecule has 36 heavy (non-hydrogen) atoms. The summed E-state index contributed by atoms with van der Waals surface area (Å²) in [4.78, 5) is 49.4. The van der Waals surface area contributed by atoms with E-state index in [2.05, 4.69) is 0 Å². The standard InChI is InChI=1S/C15H21NO4.C9H8Cl3NO2S/c1-10-7-6-8-11(2)14(10)16(13(17)9-19-4)12(3)15(18)20-5;10-9(11,12)16-13-7(14)5-3-1-2-4-6(5)8(13)15/h6-8,12H,9H2,1-5H3;1-2,5-6H,3-4H2. The number of carbonyl (C=O) groups is 4. The van der Waals surface area contributed by atoms with Crippen LogP contribution in [0.15, 0.2) is 30.4 Å². The van der Waals surface area contributed by atoms with Gasteiger partial charge in [-0.15, -0.1) is 0 Å². The van der Waals surface area contributed by atoms with Crippen molar-refractivity contribution in [3.8, 4) is 0 Å². The molecule has 3 amide bonds. The van der Waals surface area contributed by atoms with E-state index in [0.717, 1.165) is 21.1 Å². The first-order valence-electron chi connectivity index (χ1n) is 11.1. The van der Waals surface area contributed by atoms with E-state index in [0.29, 0.717) is 24.8 Å². The van der Waals surface area contributed by atoms with Gasteiger partial charge in [-0.25, -0.2) is 9.10 Å². The lowest BCUT2D eigenvalue weighted by molar-refractivity contribution is -0.143. The third-order valence-electron chi connectivity index (χ3n) is 5.81. The van der Waals surface area contributed by atoms with Crippen molar-refractivity contribution in [1.82, 2.24) is 4.31 Å². The van der Waals surface area contributed by atoms with Crippen molar-refractivity contribution in [3.05, 3.63) is 41.5 Å². The Labute approximate surface area is 230 Å². The molecule has 0 spiro atoms. The van der Waals surface area contributed by atoms with Crippen LogP contribution < -0.4 is 4.90 Å². The van der Waals surface area contributed by atoms with Gasteiger partial charge in [-0.3, -0.25) is 19.3 Å². The molecule has 1 aliphatic carbocycles. The maximum absolute atomic E-state index is 12.3. The van der Waals surface area contributed by atoms with Crippen LogP contribution in [0.4, 0.5) is 5.69 Å². The van der Waals surface area contributed by atoms with E-state index in [9.17, 15) is 19.2 Å². The monoisotopic (exact) mass is 578 g/mol. The Morgan fingerprint density at radius 1 is 1.08 bits per heavy atom. The molecular formula is C24H29Cl3N2O6S. The molecule has 12 heteroatoms. The molecule has 0 radical (unpaired) electrons. The van der Waals surface area contributed by atoms with Crippen LogP contribution in [-0.4, -0.2) is 58.0 Å².